The molecule has 3 heteroatoms. The molecule has 0 fully saturated rings. The fourth-order valence-corrected chi connectivity index (χ4v) is 1.64. The molecule has 0 aliphatic carbocycles. The Morgan fingerprint density at radius 3 is 2.44 bits per heavy atom. The molecule has 18 heavy (non-hydrogen) atoms. The number of rotatable bonds is 7. The van der Waals surface area contributed by atoms with Crippen molar-refractivity contribution in [1.29, 1.82) is 0 Å². The van der Waals surface area contributed by atoms with Crippen LogP contribution < -0.4 is 4.74 Å². The summed E-state index contributed by atoms with van der Waals surface area (Å²) in [7, 11) is 0. The van der Waals surface area contributed by atoms with Gasteiger partial charge in [0.25, 0.3) is 0 Å². The molecule has 0 bridgehead atoms. The molecule has 0 atom stereocenters. The Morgan fingerprint density at radius 2 is 1.83 bits per heavy atom. The zero-order chi connectivity index (χ0) is 13.4. The lowest BCUT2D eigenvalue weighted by molar-refractivity contribution is -0.137. The Kier molecular flexibility index (Phi) is 5.98. The minimum Gasteiger partial charge on any atom is -0.493 e. The predicted molar refractivity (Wildman–Crippen MR) is 71.8 cm³/mol. The quantitative estimate of drug-likeness (QED) is 0.422. The second-order valence-electron chi connectivity index (χ2n) is 4.15. The van der Waals surface area contributed by atoms with Crippen LogP contribution in [0.3, 0.4) is 0 Å². The summed E-state index contributed by atoms with van der Waals surface area (Å²) in [6.07, 6.45) is 2.83. The van der Waals surface area contributed by atoms with E-state index < -0.39 is 0 Å². The lowest BCUT2D eigenvalue weighted by Crippen LogP contribution is -2.05. The Balaban J connectivity index is 2.22. The van der Waals surface area contributed by atoms with Crippen LogP contribution in [0.4, 0.5) is 0 Å². The van der Waals surface area contributed by atoms with Crippen molar-refractivity contribution in [2.75, 3.05) is 13.2 Å². The highest BCUT2D eigenvalue weighted by Gasteiger charge is 2.02. The minimum absolute atomic E-state index is 0.370. The van der Waals surface area contributed by atoms with Crippen molar-refractivity contribution in [1.82, 2.24) is 0 Å². The topological polar surface area (TPSA) is 35.5 Å². The summed E-state index contributed by atoms with van der Waals surface area (Å²) in [6, 6.07) is 6.09. The van der Waals surface area contributed by atoms with Crippen LogP contribution in [-0.2, 0) is 9.53 Å². The van der Waals surface area contributed by atoms with Crippen molar-refractivity contribution >= 4 is 5.97 Å². The van der Waals surface area contributed by atoms with Crippen LogP contribution in [0, 0.1) is 13.8 Å². The van der Waals surface area contributed by atoms with Gasteiger partial charge in [-0.25, -0.2) is 4.79 Å². The van der Waals surface area contributed by atoms with Crippen molar-refractivity contribution in [3.05, 3.63) is 42.0 Å². The molecule has 1 aromatic carbocycles. The molecule has 0 saturated heterocycles. The molecule has 3 nitrogen and oxygen atoms in total. The first-order valence-corrected chi connectivity index (χ1v) is 6.13. The standard InChI is InChI=1S/C15H20O3/c1-4-14(16)17-10-5-6-11-18-15-12(2)8-7-9-13(15)3/h4,7-9H,1,5-6,10-11H2,2-3H3. The van der Waals surface area contributed by atoms with E-state index >= 15 is 0 Å². The van der Waals surface area contributed by atoms with E-state index in [1.807, 2.05) is 32.0 Å². The number of esters is 1. The molecule has 0 unspecified atom stereocenters. The molecule has 0 aliphatic rings. The monoisotopic (exact) mass is 248 g/mol. The molecule has 98 valence electrons. The third-order valence-corrected chi connectivity index (χ3v) is 2.60. The second-order valence-corrected chi connectivity index (χ2v) is 4.15. The highest BCUT2D eigenvalue weighted by atomic mass is 16.5. The van der Waals surface area contributed by atoms with Gasteiger partial charge in [-0.1, -0.05) is 24.8 Å². The lowest BCUT2D eigenvalue weighted by atomic mass is 10.1. The van der Waals surface area contributed by atoms with Crippen LogP contribution in [-0.4, -0.2) is 19.2 Å². The smallest absolute Gasteiger partial charge is 0.330 e. The van der Waals surface area contributed by atoms with Crippen LogP contribution in [0.2, 0.25) is 0 Å². The highest BCUT2D eigenvalue weighted by Crippen LogP contribution is 2.22. The number of hydrogen-bond acceptors (Lipinski definition) is 3. The third kappa shape index (κ3) is 4.62. The van der Waals surface area contributed by atoms with Crippen molar-refractivity contribution in [3.8, 4) is 5.75 Å². The van der Waals surface area contributed by atoms with E-state index in [2.05, 4.69) is 6.58 Å². The van der Waals surface area contributed by atoms with Crippen molar-refractivity contribution < 1.29 is 14.3 Å². The molecular weight excluding hydrogens is 228 g/mol. The van der Waals surface area contributed by atoms with Crippen LogP contribution in [0.25, 0.3) is 0 Å². The van der Waals surface area contributed by atoms with E-state index in [-0.39, 0.29) is 5.97 Å². The zero-order valence-electron chi connectivity index (χ0n) is 11.1. The van der Waals surface area contributed by atoms with Crippen LogP contribution in [0.15, 0.2) is 30.9 Å². The van der Waals surface area contributed by atoms with Gasteiger partial charge < -0.3 is 9.47 Å². The molecule has 0 aliphatic heterocycles. The third-order valence-electron chi connectivity index (χ3n) is 2.60. The first-order chi connectivity index (χ1) is 8.65. The van der Waals surface area contributed by atoms with E-state index in [0.717, 1.165) is 29.7 Å². The average molecular weight is 248 g/mol. The van der Waals surface area contributed by atoms with E-state index in [4.69, 9.17) is 9.47 Å². The molecule has 0 saturated carbocycles. The summed E-state index contributed by atoms with van der Waals surface area (Å²) < 4.78 is 10.6. The van der Waals surface area contributed by atoms with Gasteiger partial charge >= 0.3 is 5.97 Å². The maximum absolute atomic E-state index is 10.8. The first-order valence-electron chi connectivity index (χ1n) is 6.13. The molecule has 0 spiro atoms. The van der Waals surface area contributed by atoms with E-state index in [1.54, 1.807) is 0 Å². The Labute approximate surface area is 108 Å². The van der Waals surface area contributed by atoms with Gasteiger partial charge in [-0.15, -0.1) is 0 Å². The molecule has 0 radical (unpaired) electrons. The summed E-state index contributed by atoms with van der Waals surface area (Å²) in [4.78, 5) is 10.8. The van der Waals surface area contributed by atoms with Crippen molar-refractivity contribution in [2.24, 2.45) is 0 Å². The molecule has 0 heterocycles. The maximum atomic E-state index is 10.8. The van der Waals surface area contributed by atoms with Crippen LogP contribution in [0.5, 0.6) is 5.75 Å². The van der Waals surface area contributed by atoms with E-state index in [9.17, 15) is 4.79 Å². The number of benzene rings is 1. The van der Waals surface area contributed by atoms with Gasteiger partial charge in [0.2, 0.25) is 0 Å². The maximum Gasteiger partial charge on any atom is 0.330 e. The number of carbonyl (C=O) groups is 1. The van der Waals surface area contributed by atoms with Crippen LogP contribution in [0.1, 0.15) is 24.0 Å². The average Bonchev–Trinajstić information content (AvgIpc) is 2.36. The summed E-state index contributed by atoms with van der Waals surface area (Å²) in [6.45, 7) is 8.46. The zero-order valence-corrected chi connectivity index (χ0v) is 11.1. The fourth-order valence-electron chi connectivity index (χ4n) is 1.64. The van der Waals surface area contributed by atoms with Gasteiger partial charge in [0, 0.05) is 6.08 Å². The number of unbranched alkanes of at least 4 members (excludes halogenated alkanes) is 1. The summed E-state index contributed by atoms with van der Waals surface area (Å²) >= 11 is 0. The normalized spacial score (nSPS) is 9.89. The van der Waals surface area contributed by atoms with Crippen molar-refractivity contribution in [3.63, 3.8) is 0 Å². The highest BCUT2D eigenvalue weighted by molar-refractivity contribution is 5.81. The predicted octanol–water partition coefficient (Wildman–Crippen LogP) is 3.19. The Hall–Kier alpha value is -1.77. The first kappa shape index (κ1) is 14.3. The van der Waals surface area contributed by atoms with Gasteiger partial charge in [-0.3, -0.25) is 0 Å². The molecule has 0 amide bonds. The Morgan fingerprint density at radius 1 is 1.22 bits per heavy atom. The fraction of sp³-hybridized carbons (Fsp3) is 0.400. The summed E-state index contributed by atoms with van der Waals surface area (Å²) in [5, 5.41) is 0. The SMILES string of the molecule is C=CC(=O)OCCCCOc1c(C)cccc1C. The number of aryl methyl sites for hydroxylation is 2. The van der Waals surface area contributed by atoms with Gasteiger partial charge in [0.15, 0.2) is 0 Å². The lowest BCUT2D eigenvalue weighted by Gasteiger charge is -2.11. The molecule has 0 aromatic heterocycles. The van der Waals surface area contributed by atoms with Crippen LogP contribution >= 0.6 is 0 Å². The Bertz CT molecular complexity index is 390. The van der Waals surface area contributed by atoms with Gasteiger partial charge in [0.05, 0.1) is 13.2 Å². The molecule has 1 rings (SSSR count). The van der Waals surface area contributed by atoms with Gasteiger partial charge in [-0.05, 0) is 37.8 Å². The molecule has 0 N–H and O–H groups in total. The van der Waals surface area contributed by atoms with Gasteiger partial charge in [0.1, 0.15) is 5.75 Å². The second kappa shape index (κ2) is 7.54. The number of carbonyl (C=O) groups excluding carboxylic acids is 1. The number of ether oxygens (including phenoxy) is 2. The number of hydrogen-bond donors (Lipinski definition) is 0. The van der Waals surface area contributed by atoms with Gasteiger partial charge in [-0.2, -0.15) is 0 Å². The van der Waals surface area contributed by atoms with E-state index in [1.165, 1.54) is 6.08 Å². The summed E-state index contributed by atoms with van der Waals surface area (Å²) in [5.74, 6) is 0.589. The number of para-hydroxylation sites is 1. The van der Waals surface area contributed by atoms with Crippen molar-refractivity contribution in [2.45, 2.75) is 26.7 Å². The summed E-state index contributed by atoms with van der Waals surface area (Å²) in [5.41, 5.74) is 2.29. The molecule has 1 aromatic rings. The minimum atomic E-state index is -0.370. The molecular formula is C15H20O3. The largest absolute Gasteiger partial charge is 0.493 e. The van der Waals surface area contributed by atoms with E-state index in [0.29, 0.717) is 13.2 Å².